The molecule has 1 fully saturated rings. The molecule has 22 heavy (non-hydrogen) atoms. The van der Waals surface area contributed by atoms with Gasteiger partial charge in [0.15, 0.2) is 0 Å². The Balaban J connectivity index is 0.00000441. The van der Waals surface area contributed by atoms with Crippen LogP contribution in [-0.4, -0.2) is 31.7 Å². The molecule has 3 nitrogen and oxygen atoms in total. The Labute approximate surface area is 139 Å². The normalized spacial score (nSPS) is 22.9. The van der Waals surface area contributed by atoms with E-state index in [9.17, 15) is 0 Å². The quantitative estimate of drug-likeness (QED) is 0.704. The third-order valence-corrected chi connectivity index (χ3v) is 4.66. The third kappa shape index (κ3) is 16.3. The summed E-state index contributed by atoms with van der Waals surface area (Å²) in [5, 5.41) is 7.21. The summed E-state index contributed by atoms with van der Waals surface area (Å²) in [6.07, 6.45) is 21.3. The Hall–Kier alpha value is -0.120. The second-order valence-electron chi connectivity index (χ2n) is 6.80. The van der Waals surface area contributed by atoms with Crippen LogP contribution >= 0.6 is 0 Å². The van der Waals surface area contributed by atoms with E-state index in [0.717, 1.165) is 0 Å². The standard InChI is InChI=1S/C19H40N2.H2O/c1-2-4-8-12-16-20-18-14-10-6-7-11-15-19-21-17-13-9-5-3-1;/h20-21H,1-19H2;1H2. The molecule has 0 saturated carbocycles. The van der Waals surface area contributed by atoms with Crippen LogP contribution in [0.25, 0.3) is 0 Å². The smallest absolute Gasteiger partial charge is 0.00489 e. The van der Waals surface area contributed by atoms with Crippen molar-refractivity contribution in [2.24, 2.45) is 0 Å². The maximum Gasteiger partial charge on any atom is -0.00489 e. The number of nitrogens with one attached hydrogen (secondary N) is 2. The fourth-order valence-corrected chi connectivity index (χ4v) is 3.19. The molecular weight excluding hydrogens is 272 g/mol. The predicted molar refractivity (Wildman–Crippen MR) is 98.6 cm³/mol. The molecule has 1 aliphatic rings. The van der Waals surface area contributed by atoms with Crippen LogP contribution in [0.5, 0.6) is 0 Å². The largest absolute Gasteiger partial charge is 0.412 e. The summed E-state index contributed by atoms with van der Waals surface area (Å²) >= 11 is 0. The Morgan fingerprint density at radius 3 is 0.682 bits per heavy atom. The minimum atomic E-state index is 0. The molecule has 0 aromatic rings. The van der Waals surface area contributed by atoms with Gasteiger partial charge in [-0.2, -0.15) is 0 Å². The van der Waals surface area contributed by atoms with Crippen LogP contribution in [-0.2, 0) is 0 Å². The highest BCUT2D eigenvalue weighted by atomic mass is 16.0. The zero-order chi connectivity index (χ0) is 14.8. The molecule has 3 heteroatoms. The van der Waals surface area contributed by atoms with E-state index >= 15 is 0 Å². The van der Waals surface area contributed by atoms with E-state index in [-0.39, 0.29) is 5.48 Å². The molecule has 134 valence electrons. The van der Waals surface area contributed by atoms with Crippen LogP contribution in [0.2, 0.25) is 0 Å². The first kappa shape index (κ1) is 21.9. The van der Waals surface area contributed by atoms with Crippen LogP contribution < -0.4 is 10.6 Å². The monoisotopic (exact) mass is 314 g/mol. The summed E-state index contributed by atoms with van der Waals surface area (Å²) in [5.41, 5.74) is 0. The molecular formula is C19H42N2O. The zero-order valence-electron chi connectivity index (χ0n) is 14.9. The van der Waals surface area contributed by atoms with E-state index in [1.54, 1.807) is 0 Å². The lowest BCUT2D eigenvalue weighted by Crippen LogP contribution is -2.16. The molecule has 0 aromatic carbocycles. The molecule has 1 heterocycles. The fourth-order valence-electron chi connectivity index (χ4n) is 3.19. The van der Waals surface area contributed by atoms with Gasteiger partial charge in [0.2, 0.25) is 0 Å². The van der Waals surface area contributed by atoms with Crippen molar-refractivity contribution in [3.05, 3.63) is 0 Å². The summed E-state index contributed by atoms with van der Waals surface area (Å²) < 4.78 is 0. The highest BCUT2D eigenvalue weighted by Crippen LogP contribution is 2.09. The summed E-state index contributed by atoms with van der Waals surface area (Å²) in [6.45, 7) is 4.96. The first-order valence-electron chi connectivity index (χ1n) is 9.91. The van der Waals surface area contributed by atoms with Crippen molar-refractivity contribution < 1.29 is 5.48 Å². The van der Waals surface area contributed by atoms with Gasteiger partial charge < -0.3 is 16.1 Å². The van der Waals surface area contributed by atoms with E-state index in [2.05, 4.69) is 10.6 Å². The summed E-state index contributed by atoms with van der Waals surface area (Å²) in [7, 11) is 0. The number of hydrogen-bond acceptors (Lipinski definition) is 2. The van der Waals surface area contributed by atoms with E-state index in [1.807, 2.05) is 0 Å². The van der Waals surface area contributed by atoms with Crippen molar-refractivity contribution >= 4 is 0 Å². The maximum atomic E-state index is 3.61. The Morgan fingerprint density at radius 2 is 0.455 bits per heavy atom. The summed E-state index contributed by atoms with van der Waals surface area (Å²) in [6, 6.07) is 0. The molecule has 0 amide bonds. The molecule has 0 atom stereocenters. The van der Waals surface area contributed by atoms with Crippen molar-refractivity contribution in [1.29, 1.82) is 0 Å². The lowest BCUT2D eigenvalue weighted by Gasteiger charge is -2.05. The maximum absolute atomic E-state index is 3.61. The van der Waals surface area contributed by atoms with Crippen molar-refractivity contribution in [3.8, 4) is 0 Å². The second-order valence-corrected chi connectivity index (χ2v) is 6.80. The van der Waals surface area contributed by atoms with Gasteiger partial charge in [-0.25, -0.2) is 0 Å². The van der Waals surface area contributed by atoms with E-state index < -0.39 is 0 Å². The van der Waals surface area contributed by atoms with E-state index in [0.29, 0.717) is 0 Å². The predicted octanol–water partition coefficient (Wildman–Crippen LogP) is 4.21. The van der Waals surface area contributed by atoms with E-state index in [4.69, 9.17) is 0 Å². The van der Waals surface area contributed by atoms with Crippen molar-refractivity contribution in [2.45, 2.75) is 96.3 Å². The van der Waals surface area contributed by atoms with Gasteiger partial charge in [0, 0.05) is 0 Å². The number of rotatable bonds is 0. The molecule has 0 unspecified atom stereocenters. The highest BCUT2D eigenvalue weighted by molar-refractivity contribution is 4.54. The first-order valence-corrected chi connectivity index (χ1v) is 9.91. The molecule has 0 bridgehead atoms. The van der Waals surface area contributed by atoms with Crippen LogP contribution in [0.1, 0.15) is 96.3 Å². The van der Waals surface area contributed by atoms with Gasteiger partial charge >= 0.3 is 0 Å². The zero-order valence-corrected chi connectivity index (χ0v) is 14.9. The second kappa shape index (κ2) is 18.9. The van der Waals surface area contributed by atoms with Gasteiger partial charge in [-0.05, 0) is 51.9 Å². The summed E-state index contributed by atoms with van der Waals surface area (Å²) in [5.74, 6) is 0. The third-order valence-electron chi connectivity index (χ3n) is 4.66. The number of hydrogen-bond donors (Lipinski definition) is 2. The molecule has 0 aliphatic carbocycles. The Bertz CT molecular complexity index is 108. The molecule has 0 aromatic heterocycles. The SMILES string of the molecule is C1CCCCCNCCCCCCCCNCCCCC1.O. The Morgan fingerprint density at radius 1 is 0.273 bits per heavy atom. The topological polar surface area (TPSA) is 55.6 Å². The fraction of sp³-hybridized carbons (Fsp3) is 1.00. The van der Waals surface area contributed by atoms with Gasteiger partial charge in [0.05, 0.1) is 0 Å². The summed E-state index contributed by atoms with van der Waals surface area (Å²) in [4.78, 5) is 0. The van der Waals surface area contributed by atoms with Crippen molar-refractivity contribution in [1.82, 2.24) is 10.6 Å². The molecule has 0 spiro atoms. The van der Waals surface area contributed by atoms with Gasteiger partial charge in [0.1, 0.15) is 0 Å². The molecule has 1 rings (SSSR count). The van der Waals surface area contributed by atoms with Crippen molar-refractivity contribution in [2.75, 3.05) is 26.2 Å². The lowest BCUT2D eigenvalue weighted by atomic mass is 10.1. The molecule has 0 radical (unpaired) electrons. The molecule has 4 N–H and O–H groups in total. The van der Waals surface area contributed by atoms with Gasteiger partial charge in [-0.1, -0.05) is 70.6 Å². The highest BCUT2D eigenvalue weighted by Gasteiger charge is 1.95. The van der Waals surface area contributed by atoms with Crippen LogP contribution in [0, 0.1) is 0 Å². The van der Waals surface area contributed by atoms with Crippen molar-refractivity contribution in [3.63, 3.8) is 0 Å². The minimum absolute atomic E-state index is 0. The van der Waals surface area contributed by atoms with E-state index in [1.165, 1.54) is 122 Å². The van der Waals surface area contributed by atoms with Gasteiger partial charge in [-0.15, -0.1) is 0 Å². The molecule has 1 aliphatic heterocycles. The van der Waals surface area contributed by atoms with Crippen LogP contribution in [0.3, 0.4) is 0 Å². The minimum Gasteiger partial charge on any atom is -0.412 e. The lowest BCUT2D eigenvalue weighted by molar-refractivity contribution is 0.534. The van der Waals surface area contributed by atoms with Crippen LogP contribution in [0.15, 0.2) is 0 Å². The van der Waals surface area contributed by atoms with Crippen LogP contribution in [0.4, 0.5) is 0 Å². The van der Waals surface area contributed by atoms with Gasteiger partial charge in [0.25, 0.3) is 0 Å². The Kier molecular flexibility index (Phi) is 18.8. The molecule has 1 saturated heterocycles. The van der Waals surface area contributed by atoms with Gasteiger partial charge in [-0.3, -0.25) is 0 Å². The average molecular weight is 315 g/mol. The average Bonchev–Trinajstić information content (AvgIpc) is 2.50. The first-order chi connectivity index (χ1) is 10.5.